The van der Waals surface area contributed by atoms with E-state index in [1.165, 1.54) is 25.7 Å². The van der Waals surface area contributed by atoms with Gasteiger partial charge in [0.05, 0.1) is 5.69 Å². The van der Waals surface area contributed by atoms with Crippen LogP contribution in [0, 0.1) is 24.7 Å². The van der Waals surface area contributed by atoms with Gasteiger partial charge in [-0.25, -0.2) is 0 Å². The fourth-order valence-corrected chi connectivity index (χ4v) is 4.13. The van der Waals surface area contributed by atoms with Crippen LogP contribution in [0.15, 0.2) is 0 Å². The average molecular weight is 268 g/mol. The number of aromatic nitrogens is 2. The molecule has 3 rings (SSSR count). The molecule has 2 aliphatic rings. The van der Waals surface area contributed by atoms with E-state index in [-0.39, 0.29) is 0 Å². The molecule has 1 aromatic rings. The lowest BCUT2D eigenvalue weighted by molar-refractivity contribution is 0.318. The summed E-state index contributed by atoms with van der Waals surface area (Å²) < 4.78 is 1.76. The molecule has 3 atom stereocenters. The van der Waals surface area contributed by atoms with Gasteiger partial charge in [0.1, 0.15) is 5.15 Å². The summed E-state index contributed by atoms with van der Waals surface area (Å²) in [6, 6.07) is 0. The Morgan fingerprint density at radius 2 is 2.22 bits per heavy atom. The van der Waals surface area contributed by atoms with Crippen LogP contribution in [0.25, 0.3) is 0 Å². The molecule has 0 aromatic carbocycles. The Morgan fingerprint density at radius 1 is 1.39 bits per heavy atom. The zero-order valence-electron chi connectivity index (χ0n) is 11.2. The number of hydrogen-bond acceptors (Lipinski definition) is 2. The topological polar surface area (TPSA) is 29.9 Å². The Labute approximate surface area is 114 Å². The van der Waals surface area contributed by atoms with Crippen molar-refractivity contribution in [2.45, 2.75) is 39.2 Å². The highest BCUT2D eigenvalue weighted by atomic mass is 35.5. The molecule has 2 fully saturated rings. The van der Waals surface area contributed by atoms with Crippen molar-refractivity contribution in [2.75, 3.05) is 6.54 Å². The maximum atomic E-state index is 6.23. The summed E-state index contributed by atoms with van der Waals surface area (Å²) in [7, 11) is 1.90. The zero-order valence-corrected chi connectivity index (χ0v) is 12.0. The van der Waals surface area contributed by atoms with E-state index in [4.69, 9.17) is 11.6 Å². The quantitative estimate of drug-likeness (QED) is 0.909. The molecule has 2 aliphatic carbocycles. The number of nitrogens with zero attached hydrogens (tertiary/aromatic N) is 2. The SMILES string of the molecule is Cc1nn(C)c(Cl)c1CNCC1CC2CCC1C2. The van der Waals surface area contributed by atoms with Crippen LogP contribution in [0.4, 0.5) is 0 Å². The Bertz CT molecular complexity index is 440. The van der Waals surface area contributed by atoms with Crippen LogP contribution in [0.5, 0.6) is 0 Å². The van der Waals surface area contributed by atoms with Crippen molar-refractivity contribution in [3.63, 3.8) is 0 Å². The molecular weight excluding hydrogens is 246 g/mol. The number of fused-ring (bicyclic) bond motifs is 2. The predicted octanol–water partition coefficient (Wildman–Crippen LogP) is 2.91. The molecule has 3 unspecified atom stereocenters. The standard InChI is InChI=1S/C14H22ClN3/c1-9-13(14(15)18(2)17-9)8-16-7-12-6-10-3-4-11(12)5-10/h10-12,16H,3-8H2,1-2H3. The lowest BCUT2D eigenvalue weighted by Gasteiger charge is -2.21. The van der Waals surface area contributed by atoms with Gasteiger partial charge in [-0.2, -0.15) is 5.10 Å². The van der Waals surface area contributed by atoms with Crippen LogP contribution in [-0.2, 0) is 13.6 Å². The van der Waals surface area contributed by atoms with E-state index in [0.717, 1.165) is 47.3 Å². The largest absolute Gasteiger partial charge is 0.312 e. The Hall–Kier alpha value is -0.540. The van der Waals surface area contributed by atoms with Gasteiger partial charge >= 0.3 is 0 Å². The van der Waals surface area contributed by atoms with Crippen molar-refractivity contribution in [1.29, 1.82) is 0 Å². The minimum absolute atomic E-state index is 0.771. The van der Waals surface area contributed by atoms with Crippen molar-refractivity contribution in [3.05, 3.63) is 16.4 Å². The number of nitrogens with one attached hydrogen (secondary N) is 1. The van der Waals surface area contributed by atoms with Gasteiger partial charge in [0, 0.05) is 19.2 Å². The molecule has 1 aromatic heterocycles. The van der Waals surface area contributed by atoms with E-state index < -0.39 is 0 Å². The predicted molar refractivity (Wildman–Crippen MR) is 73.6 cm³/mol. The van der Waals surface area contributed by atoms with Crippen LogP contribution < -0.4 is 5.32 Å². The number of hydrogen-bond donors (Lipinski definition) is 1. The average Bonchev–Trinajstić information content (AvgIpc) is 3.00. The first kappa shape index (κ1) is 12.5. The first-order chi connectivity index (χ1) is 8.65. The molecule has 0 radical (unpaired) electrons. The minimum atomic E-state index is 0.771. The van der Waals surface area contributed by atoms with Crippen molar-refractivity contribution in [2.24, 2.45) is 24.8 Å². The highest BCUT2D eigenvalue weighted by Crippen LogP contribution is 2.47. The van der Waals surface area contributed by atoms with Crippen molar-refractivity contribution in [1.82, 2.24) is 15.1 Å². The van der Waals surface area contributed by atoms with Gasteiger partial charge in [-0.05, 0) is 50.5 Å². The smallest absolute Gasteiger partial charge is 0.131 e. The first-order valence-corrected chi connectivity index (χ1v) is 7.41. The van der Waals surface area contributed by atoms with Gasteiger partial charge in [0.15, 0.2) is 0 Å². The molecule has 0 saturated heterocycles. The van der Waals surface area contributed by atoms with E-state index in [1.54, 1.807) is 4.68 Å². The molecule has 2 saturated carbocycles. The molecule has 0 amide bonds. The Balaban J connectivity index is 1.53. The van der Waals surface area contributed by atoms with Gasteiger partial charge in [-0.1, -0.05) is 18.0 Å². The molecule has 1 heterocycles. The van der Waals surface area contributed by atoms with E-state index in [9.17, 15) is 0 Å². The van der Waals surface area contributed by atoms with E-state index in [1.807, 2.05) is 14.0 Å². The lowest BCUT2D eigenvalue weighted by Crippen LogP contribution is -2.26. The van der Waals surface area contributed by atoms with Gasteiger partial charge in [-0.3, -0.25) is 4.68 Å². The number of halogens is 1. The molecule has 0 spiro atoms. The second-order valence-electron chi connectivity index (χ2n) is 6.04. The third-order valence-corrected chi connectivity index (χ3v) is 5.34. The molecule has 4 heteroatoms. The van der Waals surface area contributed by atoms with Gasteiger partial charge in [-0.15, -0.1) is 0 Å². The van der Waals surface area contributed by atoms with Crippen molar-refractivity contribution < 1.29 is 0 Å². The molecule has 2 bridgehead atoms. The minimum Gasteiger partial charge on any atom is -0.312 e. The monoisotopic (exact) mass is 267 g/mol. The Morgan fingerprint density at radius 3 is 2.78 bits per heavy atom. The molecule has 1 N–H and O–H groups in total. The van der Waals surface area contributed by atoms with Gasteiger partial charge in [0.25, 0.3) is 0 Å². The lowest BCUT2D eigenvalue weighted by atomic mass is 9.89. The van der Waals surface area contributed by atoms with E-state index in [2.05, 4.69) is 10.4 Å². The summed E-state index contributed by atoms with van der Waals surface area (Å²) in [5, 5.41) is 8.70. The number of rotatable bonds is 4. The van der Waals surface area contributed by atoms with E-state index in [0.29, 0.717) is 0 Å². The highest BCUT2D eigenvalue weighted by molar-refractivity contribution is 6.30. The summed E-state index contributed by atoms with van der Waals surface area (Å²) in [5.74, 6) is 2.93. The van der Waals surface area contributed by atoms with Crippen LogP contribution >= 0.6 is 11.6 Å². The molecule has 3 nitrogen and oxygen atoms in total. The third kappa shape index (κ3) is 2.19. The van der Waals surface area contributed by atoms with Crippen LogP contribution in [-0.4, -0.2) is 16.3 Å². The summed E-state index contributed by atoms with van der Waals surface area (Å²) in [4.78, 5) is 0. The third-order valence-electron chi connectivity index (χ3n) is 4.86. The van der Waals surface area contributed by atoms with Crippen LogP contribution in [0.3, 0.4) is 0 Å². The first-order valence-electron chi connectivity index (χ1n) is 7.04. The van der Waals surface area contributed by atoms with Crippen molar-refractivity contribution >= 4 is 11.6 Å². The highest BCUT2D eigenvalue weighted by Gasteiger charge is 2.38. The summed E-state index contributed by atoms with van der Waals surface area (Å²) in [6.45, 7) is 4.03. The maximum absolute atomic E-state index is 6.23. The molecule has 100 valence electrons. The fraction of sp³-hybridized carbons (Fsp3) is 0.786. The normalized spacial score (nSPS) is 30.3. The van der Waals surface area contributed by atoms with Gasteiger partial charge in [0.2, 0.25) is 0 Å². The number of aryl methyl sites for hydroxylation is 2. The summed E-state index contributed by atoms with van der Waals surface area (Å²) >= 11 is 6.23. The molecular formula is C14H22ClN3. The van der Waals surface area contributed by atoms with Crippen LogP contribution in [0.2, 0.25) is 5.15 Å². The molecule has 18 heavy (non-hydrogen) atoms. The van der Waals surface area contributed by atoms with Crippen molar-refractivity contribution in [3.8, 4) is 0 Å². The summed E-state index contributed by atoms with van der Waals surface area (Å²) in [5.41, 5.74) is 2.20. The second-order valence-corrected chi connectivity index (χ2v) is 6.40. The molecule has 0 aliphatic heterocycles. The Kier molecular flexibility index (Phi) is 3.37. The van der Waals surface area contributed by atoms with E-state index >= 15 is 0 Å². The summed E-state index contributed by atoms with van der Waals surface area (Å²) in [6.07, 6.45) is 5.87. The second kappa shape index (κ2) is 4.86. The fourth-order valence-electron chi connectivity index (χ4n) is 3.88. The maximum Gasteiger partial charge on any atom is 0.131 e. The zero-order chi connectivity index (χ0) is 12.7. The van der Waals surface area contributed by atoms with Gasteiger partial charge < -0.3 is 5.32 Å². The van der Waals surface area contributed by atoms with Crippen LogP contribution in [0.1, 0.15) is 36.9 Å².